The van der Waals surface area contributed by atoms with Gasteiger partial charge < -0.3 is 9.73 Å². The first kappa shape index (κ1) is 19.0. The van der Waals surface area contributed by atoms with E-state index >= 15 is 0 Å². The zero-order valence-electron chi connectivity index (χ0n) is 16.1. The van der Waals surface area contributed by atoms with Gasteiger partial charge in [0.15, 0.2) is 5.76 Å². The van der Waals surface area contributed by atoms with Crippen LogP contribution in [-0.2, 0) is 0 Å². The summed E-state index contributed by atoms with van der Waals surface area (Å²) >= 11 is 6.47. The van der Waals surface area contributed by atoms with Crippen molar-refractivity contribution in [3.8, 4) is 22.6 Å². The molecule has 1 N–H and O–H groups in total. The van der Waals surface area contributed by atoms with Gasteiger partial charge in [0.1, 0.15) is 0 Å². The van der Waals surface area contributed by atoms with Gasteiger partial charge in [-0.15, -0.1) is 0 Å². The van der Waals surface area contributed by atoms with E-state index in [4.69, 9.17) is 16.0 Å². The highest BCUT2D eigenvalue weighted by Gasteiger charge is 2.16. The van der Waals surface area contributed by atoms with E-state index in [1.54, 1.807) is 42.9 Å². The Morgan fingerprint density at radius 3 is 2.71 bits per heavy atom. The molecular weight excluding hydrogens is 412 g/mol. The molecule has 7 heteroatoms. The summed E-state index contributed by atoms with van der Waals surface area (Å²) in [4.78, 5) is 25.3. The summed E-state index contributed by atoms with van der Waals surface area (Å²) in [7, 11) is 0. The first-order valence-electron chi connectivity index (χ1n) is 9.50. The maximum absolute atomic E-state index is 12.7. The quantitative estimate of drug-likeness (QED) is 0.389. The van der Waals surface area contributed by atoms with E-state index in [1.807, 2.05) is 36.4 Å². The highest BCUT2D eigenvalue weighted by molar-refractivity contribution is 6.33. The van der Waals surface area contributed by atoms with E-state index in [1.165, 1.54) is 6.20 Å². The number of nitrogens with zero attached hydrogens (tertiary/aromatic N) is 3. The van der Waals surface area contributed by atoms with Crippen molar-refractivity contribution in [2.75, 3.05) is 5.32 Å². The van der Waals surface area contributed by atoms with Gasteiger partial charge in [0, 0.05) is 40.8 Å². The second-order valence-electron chi connectivity index (χ2n) is 6.80. The molecule has 0 saturated carbocycles. The molecule has 0 aliphatic heterocycles. The second kappa shape index (κ2) is 8.01. The molecule has 0 spiro atoms. The number of nitrogens with one attached hydrogen (secondary N) is 1. The molecule has 0 unspecified atom stereocenters. The van der Waals surface area contributed by atoms with Gasteiger partial charge in [-0.2, -0.15) is 0 Å². The van der Waals surface area contributed by atoms with E-state index in [2.05, 4.69) is 20.3 Å². The van der Waals surface area contributed by atoms with Crippen LogP contribution in [0.2, 0.25) is 5.02 Å². The number of fused-ring (bicyclic) bond motifs is 1. The monoisotopic (exact) mass is 426 g/mol. The van der Waals surface area contributed by atoms with Crippen molar-refractivity contribution in [2.45, 2.75) is 0 Å². The molecule has 31 heavy (non-hydrogen) atoms. The van der Waals surface area contributed by atoms with Gasteiger partial charge in [-0.25, -0.2) is 4.98 Å². The highest BCUT2D eigenvalue weighted by Crippen LogP contribution is 2.34. The van der Waals surface area contributed by atoms with Crippen LogP contribution in [0, 0.1) is 0 Å². The molecule has 0 saturated heterocycles. The fourth-order valence-corrected chi connectivity index (χ4v) is 3.53. The van der Waals surface area contributed by atoms with Crippen LogP contribution in [0.25, 0.3) is 33.4 Å². The topological polar surface area (TPSA) is 80.9 Å². The van der Waals surface area contributed by atoms with Crippen LogP contribution in [-0.4, -0.2) is 20.9 Å². The Balaban J connectivity index is 1.45. The summed E-state index contributed by atoms with van der Waals surface area (Å²) in [6.45, 7) is 0. The third kappa shape index (κ3) is 3.76. The summed E-state index contributed by atoms with van der Waals surface area (Å²) in [6.07, 6.45) is 6.55. The van der Waals surface area contributed by atoms with Gasteiger partial charge in [-0.05, 0) is 41.8 Å². The Labute approximate surface area is 182 Å². The molecule has 5 aromatic rings. The zero-order valence-corrected chi connectivity index (χ0v) is 16.9. The number of amides is 1. The van der Waals surface area contributed by atoms with E-state index in [-0.39, 0.29) is 5.89 Å². The van der Waals surface area contributed by atoms with Crippen molar-refractivity contribution in [1.82, 2.24) is 15.0 Å². The summed E-state index contributed by atoms with van der Waals surface area (Å²) in [5.74, 6) is -0.0390. The number of hydrogen-bond donors (Lipinski definition) is 1. The van der Waals surface area contributed by atoms with E-state index < -0.39 is 5.91 Å². The maximum atomic E-state index is 12.7. The fraction of sp³-hybridized carbons (Fsp3) is 0. The Morgan fingerprint density at radius 1 is 0.935 bits per heavy atom. The van der Waals surface area contributed by atoms with Crippen molar-refractivity contribution < 1.29 is 9.21 Å². The van der Waals surface area contributed by atoms with Crippen LogP contribution in [0.15, 0.2) is 89.9 Å². The molecule has 1 amide bonds. The van der Waals surface area contributed by atoms with E-state index in [0.717, 1.165) is 27.6 Å². The number of carbonyl (C=O) groups is 1. The predicted octanol–water partition coefficient (Wildman–Crippen LogP) is 5.86. The van der Waals surface area contributed by atoms with Crippen molar-refractivity contribution >= 4 is 34.0 Å². The smallest absolute Gasteiger partial charge is 0.311 e. The summed E-state index contributed by atoms with van der Waals surface area (Å²) < 4.78 is 5.60. The normalized spacial score (nSPS) is 10.9. The average Bonchev–Trinajstić information content (AvgIpc) is 3.31. The Morgan fingerprint density at radius 2 is 1.84 bits per heavy atom. The number of pyridine rings is 2. The van der Waals surface area contributed by atoms with E-state index in [0.29, 0.717) is 16.5 Å². The molecule has 0 aliphatic carbocycles. The minimum absolute atomic E-state index is 0.0429. The van der Waals surface area contributed by atoms with Crippen molar-refractivity contribution in [1.29, 1.82) is 0 Å². The lowest BCUT2D eigenvalue weighted by atomic mass is 10.0. The third-order valence-electron chi connectivity index (χ3n) is 4.80. The first-order valence-corrected chi connectivity index (χ1v) is 9.88. The van der Waals surface area contributed by atoms with Gasteiger partial charge in [0.2, 0.25) is 0 Å². The molecule has 0 atom stereocenters. The van der Waals surface area contributed by atoms with Crippen LogP contribution >= 0.6 is 11.6 Å². The number of carbonyl (C=O) groups excluding carboxylic acids is 1. The fourth-order valence-electron chi connectivity index (χ4n) is 3.32. The molecule has 0 bridgehead atoms. The summed E-state index contributed by atoms with van der Waals surface area (Å²) in [6, 6.07) is 18.7. The average molecular weight is 427 g/mol. The lowest BCUT2D eigenvalue weighted by Crippen LogP contribution is -2.12. The summed E-state index contributed by atoms with van der Waals surface area (Å²) in [5, 5.41) is 5.38. The number of aromatic nitrogens is 3. The van der Waals surface area contributed by atoms with Crippen LogP contribution < -0.4 is 5.32 Å². The lowest BCUT2D eigenvalue weighted by molar-refractivity contribution is 0.0991. The highest BCUT2D eigenvalue weighted by atomic mass is 35.5. The molecule has 5 rings (SSSR count). The molecule has 0 aliphatic rings. The number of rotatable bonds is 4. The van der Waals surface area contributed by atoms with Gasteiger partial charge in [0.05, 0.1) is 16.9 Å². The lowest BCUT2D eigenvalue weighted by Gasteiger charge is -2.10. The minimum Gasteiger partial charge on any atom is -0.432 e. The number of hydrogen-bond acceptors (Lipinski definition) is 5. The van der Waals surface area contributed by atoms with Crippen LogP contribution in [0.1, 0.15) is 10.7 Å². The SMILES string of the molecule is O=C(Nc1ccc(Cl)c(-c2nccc3ccccc23)c1)c1ncc(-c2cccnc2)o1. The number of oxazole rings is 1. The third-order valence-corrected chi connectivity index (χ3v) is 5.13. The number of benzene rings is 2. The molecular formula is C24H15ClN4O2. The largest absolute Gasteiger partial charge is 0.432 e. The maximum Gasteiger partial charge on any atom is 0.311 e. The standard InChI is InChI=1S/C24H15ClN4O2/c25-20-8-7-17(12-19(20)22-18-6-2-1-4-15(18)9-11-27-22)29-23(30)24-28-14-21(31-24)16-5-3-10-26-13-16/h1-14H,(H,29,30). The number of halogens is 1. The first-order chi connectivity index (χ1) is 15.2. The van der Waals surface area contributed by atoms with Gasteiger partial charge in [0.25, 0.3) is 5.89 Å². The molecule has 150 valence electrons. The Bertz CT molecular complexity index is 1390. The van der Waals surface area contributed by atoms with Crippen molar-refractivity contribution in [2.24, 2.45) is 0 Å². The van der Waals surface area contributed by atoms with Gasteiger partial charge >= 0.3 is 5.91 Å². The molecule has 6 nitrogen and oxygen atoms in total. The van der Waals surface area contributed by atoms with Gasteiger partial charge in [-0.3, -0.25) is 14.8 Å². The molecule has 3 heterocycles. The van der Waals surface area contributed by atoms with Crippen LogP contribution in [0.5, 0.6) is 0 Å². The minimum atomic E-state index is -0.464. The predicted molar refractivity (Wildman–Crippen MR) is 120 cm³/mol. The summed E-state index contributed by atoms with van der Waals surface area (Å²) in [5.41, 5.74) is 2.76. The van der Waals surface area contributed by atoms with E-state index in [9.17, 15) is 4.79 Å². The van der Waals surface area contributed by atoms with Crippen molar-refractivity contribution in [3.63, 3.8) is 0 Å². The molecule has 3 aromatic heterocycles. The second-order valence-corrected chi connectivity index (χ2v) is 7.21. The Hall–Kier alpha value is -4.03. The van der Waals surface area contributed by atoms with Gasteiger partial charge in [-0.1, -0.05) is 35.9 Å². The van der Waals surface area contributed by atoms with Crippen LogP contribution in [0.3, 0.4) is 0 Å². The number of anilines is 1. The Kier molecular flexibility index (Phi) is 4.90. The zero-order chi connectivity index (χ0) is 21.2. The molecule has 2 aromatic carbocycles. The van der Waals surface area contributed by atoms with Crippen molar-refractivity contribution in [3.05, 3.63) is 96.4 Å². The molecule has 0 radical (unpaired) electrons. The van der Waals surface area contributed by atoms with Crippen LogP contribution in [0.4, 0.5) is 5.69 Å². The molecule has 0 fully saturated rings.